The van der Waals surface area contributed by atoms with Crippen molar-refractivity contribution in [3.63, 3.8) is 0 Å². The molecule has 20 heavy (non-hydrogen) atoms. The fraction of sp³-hybridized carbons (Fsp3) is 0.133. The number of ether oxygens (including phenoxy) is 3. The molecule has 5 heteroatoms. The van der Waals surface area contributed by atoms with Crippen LogP contribution in [0.2, 0.25) is 0 Å². The number of rotatable bonds is 3. The smallest absolute Gasteiger partial charge is 0.231 e. The van der Waals surface area contributed by atoms with Gasteiger partial charge in [-0.15, -0.1) is 0 Å². The van der Waals surface area contributed by atoms with Crippen LogP contribution in [0.1, 0.15) is 15.9 Å². The number of benzene rings is 2. The second kappa shape index (κ2) is 4.85. The Morgan fingerprint density at radius 3 is 2.55 bits per heavy atom. The van der Waals surface area contributed by atoms with Gasteiger partial charge in [0.25, 0.3) is 0 Å². The molecule has 2 aromatic rings. The topological polar surface area (TPSA) is 44.8 Å². The lowest BCUT2D eigenvalue weighted by Gasteiger charge is -2.05. The van der Waals surface area contributed by atoms with Crippen LogP contribution in [0.15, 0.2) is 36.4 Å². The summed E-state index contributed by atoms with van der Waals surface area (Å²) in [5, 5.41) is 0. The van der Waals surface area contributed by atoms with Crippen molar-refractivity contribution in [2.75, 3.05) is 13.9 Å². The van der Waals surface area contributed by atoms with Crippen molar-refractivity contribution >= 4 is 5.78 Å². The van der Waals surface area contributed by atoms with Gasteiger partial charge < -0.3 is 14.2 Å². The van der Waals surface area contributed by atoms with Crippen LogP contribution in [0.4, 0.5) is 4.39 Å². The number of fused-ring (bicyclic) bond motifs is 1. The molecule has 0 aliphatic carbocycles. The first-order chi connectivity index (χ1) is 9.69. The standard InChI is InChI=1S/C15H11FO4/c1-18-12-4-2-9(6-11(12)16)15(17)10-3-5-13-14(7-10)20-8-19-13/h2-7H,8H2,1H3. The van der Waals surface area contributed by atoms with E-state index in [1.807, 2.05) is 0 Å². The molecule has 1 heterocycles. The minimum absolute atomic E-state index is 0.104. The summed E-state index contributed by atoms with van der Waals surface area (Å²) in [6.07, 6.45) is 0. The van der Waals surface area contributed by atoms with Crippen molar-refractivity contribution in [2.45, 2.75) is 0 Å². The Kier molecular flexibility index (Phi) is 3.02. The van der Waals surface area contributed by atoms with Crippen molar-refractivity contribution < 1.29 is 23.4 Å². The predicted molar refractivity (Wildman–Crippen MR) is 68.9 cm³/mol. The summed E-state index contributed by atoms with van der Waals surface area (Å²) in [6, 6.07) is 8.98. The van der Waals surface area contributed by atoms with Gasteiger partial charge in [-0.2, -0.15) is 0 Å². The third-order valence-electron chi connectivity index (χ3n) is 3.05. The third kappa shape index (κ3) is 2.07. The van der Waals surface area contributed by atoms with Crippen molar-refractivity contribution in [2.24, 2.45) is 0 Å². The number of methoxy groups -OCH3 is 1. The Labute approximate surface area is 114 Å². The Morgan fingerprint density at radius 1 is 1.10 bits per heavy atom. The van der Waals surface area contributed by atoms with Crippen molar-refractivity contribution in [1.29, 1.82) is 0 Å². The molecular formula is C15H11FO4. The lowest BCUT2D eigenvalue weighted by Crippen LogP contribution is -2.02. The van der Waals surface area contributed by atoms with Crippen LogP contribution in [0.3, 0.4) is 0 Å². The Morgan fingerprint density at radius 2 is 1.80 bits per heavy atom. The Bertz CT molecular complexity index is 682. The zero-order valence-corrected chi connectivity index (χ0v) is 10.7. The molecule has 102 valence electrons. The summed E-state index contributed by atoms with van der Waals surface area (Å²) in [7, 11) is 1.37. The highest BCUT2D eigenvalue weighted by Gasteiger charge is 2.18. The Balaban J connectivity index is 1.94. The summed E-state index contributed by atoms with van der Waals surface area (Å²) in [5.41, 5.74) is 0.668. The van der Waals surface area contributed by atoms with E-state index in [1.54, 1.807) is 18.2 Å². The molecule has 3 rings (SSSR count). The van der Waals surface area contributed by atoms with E-state index in [2.05, 4.69) is 0 Å². The molecular weight excluding hydrogens is 263 g/mol. The Hall–Kier alpha value is -2.56. The molecule has 4 nitrogen and oxygen atoms in total. The molecule has 0 fully saturated rings. The number of carbonyl (C=O) groups excluding carboxylic acids is 1. The molecule has 0 bridgehead atoms. The molecule has 0 saturated heterocycles. The van der Waals surface area contributed by atoms with Crippen molar-refractivity contribution in [1.82, 2.24) is 0 Å². The lowest BCUT2D eigenvalue weighted by molar-refractivity contribution is 0.103. The zero-order valence-electron chi connectivity index (χ0n) is 10.7. The first kappa shape index (κ1) is 12.5. The molecule has 0 unspecified atom stereocenters. The average molecular weight is 274 g/mol. The summed E-state index contributed by atoms with van der Waals surface area (Å²) >= 11 is 0. The fourth-order valence-corrected chi connectivity index (χ4v) is 2.01. The van der Waals surface area contributed by atoms with Gasteiger partial charge in [-0.1, -0.05) is 0 Å². The molecule has 0 atom stereocenters. The van der Waals surface area contributed by atoms with E-state index in [-0.39, 0.29) is 23.9 Å². The summed E-state index contributed by atoms with van der Waals surface area (Å²) < 4.78 is 28.8. The minimum Gasteiger partial charge on any atom is -0.494 e. The minimum atomic E-state index is -0.570. The predicted octanol–water partition coefficient (Wildman–Crippen LogP) is 2.79. The lowest BCUT2D eigenvalue weighted by atomic mass is 10.0. The number of ketones is 1. The van der Waals surface area contributed by atoms with Crippen LogP contribution in [-0.4, -0.2) is 19.7 Å². The van der Waals surface area contributed by atoms with E-state index in [4.69, 9.17) is 14.2 Å². The van der Waals surface area contributed by atoms with E-state index < -0.39 is 5.82 Å². The third-order valence-corrected chi connectivity index (χ3v) is 3.05. The fourth-order valence-electron chi connectivity index (χ4n) is 2.01. The SMILES string of the molecule is COc1ccc(C(=O)c2ccc3c(c2)OCO3)cc1F. The van der Waals surface area contributed by atoms with E-state index in [0.717, 1.165) is 6.07 Å². The van der Waals surface area contributed by atoms with E-state index in [1.165, 1.54) is 19.2 Å². The molecule has 0 saturated carbocycles. The highest BCUT2D eigenvalue weighted by Crippen LogP contribution is 2.33. The second-order valence-corrected chi connectivity index (χ2v) is 4.25. The van der Waals surface area contributed by atoms with E-state index in [9.17, 15) is 9.18 Å². The van der Waals surface area contributed by atoms with Gasteiger partial charge in [0.15, 0.2) is 28.8 Å². The summed E-state index contributed by atoms with van der Waals surface area (Å²) in [5.74, 6) is 0.364. The maximum absolute atomic E-state index is 13.6. The van der Waals surface area contributed by atoms with Gasteiger partial charge in [0.05, 0.1) is 7.11 Å². The van der Waals surface area contributed by atoms with Crippen molar-refractivity contribution in [3.05, 3.63) is 53.3 Å². The molecule has 0 N–H and O–H groups in total. The normalized spacial score (nSPS) is 12.3. The van der Waals surface area contributed by atoms with Gasteiger partial charge in [-0.25, -0.2) is 4.39 Å². The van der Waals surface area contributed by atoms with Crippen LogP contribution >= 0.6 is 0 Å². The van der Waals surface area contributed by atoms with Crippen molar-refractivity contribution in [3.8, 4) is 17.2 Å². The van der Waals surface area contributed by atoms with Gasteiger partial charge in [0, 0.05) is 11.1 Å². The maximum atomic E-state index is 13.6. The summed E-state index contributed by atoms with van der Waals surface area (Å²) in [6.45, 7) is 0.143. The number of halogens is 1. The van der Waals surface area contributed by atoms with Gasteiger partial charge in [0.2, 0.25) is 6.79 Å². The van der Waals surface area contributed by atoms with Crippen LogP contribution in [0.25, 0.3) is 0 Å². The van der Waals surface area contributed by atoms with E-state index in [0.29, 0.717) is 17.1 Å². The average Bonchev–Trinajstić information content (AvgIpc) is 2.93. The van der Waals surface area contributed by atoms with E-state index >= 15 is 0 Å². The first-order valence-electron chi connectivity index (χ1n) is 5.97. The van der Waals surface area contributed by atoms with Crippen LogP contribution in [0, 0.1) is 5.82 Å². The number of hydrogen-bond donors (Lipinski definition) is 0. The van der Waals surface area contributed by atoms with Crippen LogP contribution in [-0.2, 0) is 0 Å². The molecule has 0 radical (unpaired) electrons. The largest absolute Gasteiger partial charge is 0.494 e. The van der Waals surface area contributed by atoms with Crippen LogP contribution < -0.4 is 14.2 Å². The molecule has 2 aromatic carbocycles. The summed E-state index contributed by atoms with van der Waals surface area (Å²) in [4.78, 5) is 12.3. The molecule has 0 aromatic heterocycles. The van der Waals surface area contributed by atoms with Gasteiger partial charge >= 0.3 is 0 Å². The van der Waals surface area contributed by atoms with Gasteiger partial charge in [-0.3, -0.25) is 4.79 Å². The maximum Gasteiger partial charge on any atom is 0.231 e. The number of carbonyl (C=O) groups is 1. The zero-order chi connectivity index (χ0) is 14.1. The molecule has 1 aliphatic rings. The quantitative estimate of drug-likeness (QED) is 0.807. The number of hydrogen-bond acceptors (Lipinski definition) is 4. The monoisotopic (exact) mass is 274 g/mol. The highest BCUT2D eigenvalue weighted by atomic mass is 19.1. The first-order valence-corrected chi connectivity index (χ1v) is 5.97. The molecule has 1 aliphatic heterocycles. The van der Waals surface area contributed by atoms with Gasteiger partial charge in [0.1, 0.15) is 0 Å². The van der Waals surface area contributed by atoms with Gasteiger partial charge in [-0.05, 0) is 36.4 Å². The van der Waals surface area contributed by atoms with Crippen LogP contribution in [0.5, 0.6) is 17.2 Å². The molecule has 0 spiro atoms. The highest BCUT2D eigenvalue weighted by molar-refractivity contribution is 6.09. The second-order valence-electron chi connectivity index (χ2n) is 4.25. The molecule has 0 amide bonds.